The Kier molecular flexibility index (Phi) is 4.04. The fourth-order valence-electron chi connectivity index (χ4n) is 3.55. The summed E-state index contributed by atoms with van der Waals surface area (Å²) >= 11 is 0. The van der Waals surface area contributed by atoms with Gasteiger partial charge in [-0.1, -0.05) is 32.0 Å². The Bertz CT molecular complexity index is 628. The highest BCUT2D eigenvalue weighted by atomic mass is 16.5. The smallest absolute Gasteiger partial charge is 0.327 e. The van der Waals surface area contributed by atoms with Crippen molar-refractivity contribution in [1.82, 2.24) is 9.80 Å². The first-order valence-corrected chi connectivity index (χ1v) is 8.30. The van der Waals surface area contributed by atoms with Gasteiger partial charge in [-0.25, -0.2) is 4.79 Å². The lowest BCUT2D eigenvalue weighted by Crippen LogP contribution is -2.42. The summed E-state index contributed by atoms with van der Waals surface area (Å²) in [4.78, 5) is 28.0. The predicted octanol–water partition coefficient (Wildman–Crippen LogP) is 3.01. The third-order valence-corrected chi connectivity index (χ3v) is 4.92. The van der Waals surface area contributed by atoms with Crippen LogP contribution in [0.5, 0.6) is 5.75 Å². The van der Waals surface area contributed by atoms with E-state index in [0.717, 1.165) is 24.2 Å². The first-order valence-electron chi connectivity index (χ1n) is 8.30. The summed E-state index contributed by atoms with van der Waals surface area (Å²) in [6.07, 6.45) is 1.66. The van der Waals surface area contributed by atoms with E-state index in [-0.39, 0.29) is 11.9 Å². The van der Waals surface area contributed by atoms with Gasteiger partial charge in [0.25, 0.3) is 5.91 Å². The van der Waals surface area contributed by atoms with Gasteiger partial charge in [-0.05, 0) is 37.3 Å². The van der Waals surface area contributed by atoms with Crippen LogP contribution in [0.2, 0.25) is 0 Å². The lowest BCUT2D eigenvalue weighted by molar-refractivity contribution is -0.132. The molecule has 0 N–H and O–H groups in total. The second kappa shape index (κ2) is 5.87. The summed E-state index contributed by atoms with van der Waals surface area (Å²) in [5, 5.41) is 0. The second-order valence-corrected chi connectivity index (χ2v) is 6.81. The number of para-hydroxylation sites is 1. The molecule has 5 heteroatoms. The van der Waals surface area contributed by atoms with E-state index in [9.17, 15) is 9.59 Å². The third kappa shape index (κ3) is 2.58. The van der Waals surface area contributed by atoms with E-state index in [1.807, 2.05) is 31.2 Å². The highest BCUT2D eigenvalue weighted by Crippen LogP contribution is 2.37. The Labute approximate surface area is 137 Å². The summed E-state index contributed by atoms with van der Waals surface area (Å²) in [5.74, 6) is 1.11. The van der Waals surface area contributed by atoms with Crippen LogP contribution in [0.3, 0.4) is 0 Å². The van der Waals surface area contributed by atoms with Crippen molar-refractivity contribution in [3.05, 3.63) is 29.8 Å². The van der Waals surface area contributed by atoms with E-state index in [1.54, 1.807) is 4.90 Å². The fourth-order valence-corrected chi connectivity index (χ4v) is 3.55. The van der Waals surface area contributed by atoms with Crippen LogP contribution >= 0.6 is 0 Å². The number of urea groups is 1. The summed E-state index contributed by atoms with van der Waals surface area (Å²) in [6, 6.07) is 7.73. The zero-order valence-electron chi connectivity index (χ0n) is 14.0. The summed E-state index contributed by atoms with van der Waals surface area (Å²) in [5.41, 5.74) is 0.506. The molecule has 0 saturated carbocycles. The highest BCUT2D eigenvalue weighted by Gasteiger charge is 2.56. The van der Waals surface area contributed by atoms with Crippen molar-refractivity contribution in [2.75, 3.05) is 19.7 Å². The molecule has 2 saturated heterocycles. The minimum absolute atomic E-state index is 0.0826. The number of ether oxygens (including phenoxy) is 1. The van der Waals surface area contributed by atoms with Crippen molar-refractivity contribution < 1.29 is 14.3 Å². The summed E-state index contributed by atoms with van der Waals surface area (Å²) in [7, 11) is 0. The first-order chi connectivity index (χ1) is 10.9. The molecule has 0 aromatic heterocycles. The van der Waals surface area contributed by atoms with Crippen molar-refractivity contribution >= 4 is 11.9 Å². The van der Waals surface area contributed by atoms with Crippen LogP contribution in [-0.4, -0.2) is 47.0 Å². The Morgan fingerprint density at radius 1 is 1.26 bits per heavy atom. The first kappa shape index (κ1) is 15.8. The number of hydrogen-bond donors (Lipinski definition) is 0. The van der Waals surface area contributed by atoms with Crippen molar-refractivity contribution in [2.24, 2.45) is 0 Å². The number of carbonyl (C=O) groups is 2. The summed E-state index contributed by atoms with van der Waals surface area (Å²) in [6.45, 7) is 7.40. The maximum absolute atomic E-state index is 12.5. The van der Waals surface area contributed by atoms with E-state index >= 15 is 0 Å². The molecule has 0 bridgehead atoms. The molecule has 0 spiro atoms. The number of imide groups is 1. The van der Waals surface area contributed by atoms with Gasteiger partial charge in [-0.2, -0.15) is 0 Å². The molecule has 1 aromatic carbocycles. The van der Waals surface area contributed by atoms with Gasteiger partial charge in [0.2, 0.25) is 0 Å². The SMILES string of the molecule is CC(C)c1ccccc1OCCN1C(=O)N2CCC[C@@]2(C)C1=O. The Morgan fingerprint density at radius 3 is 2.70 bits per heavy atom. The highest BCUT2D eigenvalue weighted by molar-refractivity contribution is 6.07. The Hall–Kier alpha value is -2.04. The van der Waals surface area contributed by atoms with Gasteiger partial charge in [0, 0.05) is 6.54 Å². The van der Waals surface area contributed by atoms with Gasteiger partial charge in [0.05, 0.1) is 6.54 Å². The average Bonchev–Trinajstić information content (AvgIpc) is 3.00. The molecule has 23 heavy (non-hydrogen) atoms. The van der Waals surface area contributed by atoms with E-state index < -0.39 is 5.54 Å². The molecule has 3 rings (SSSR count). The number of amides is 3. The standard InChI is InChI=1S/C18H24N2O3/c1-13(2)14-7-4-5-8-15(14)23-12-11-19-16(21)18(3)9-6-10-20(18)17(19)22/h4-5,7-8,13H,6,9-12H2,1-3H3/t18-/m0/s1. The minimum Gasteiger partial charge on any atom is -0.491 e. The van der Waals surface area contributed by atoms with Crippen LogP contribution in [0.4, 0.5) is 4.79 Å². The molecule has 0 aliphatic carbocycles. The van der Waals surface area contributed by atoms with Crippen LogP contribution in [0.15, 0.2) is 24.3 Å². The number of fused-ring (bicyclic) bond motifs is 1. The number of benzene rings is 1. The third-order valence-electron chi connectivity index (χ3n) is 4.92. The van der Waals surface area contributed by atoms with Crippen LogP contribution in [0, 0.1) is 0 Å². The maximum atomic E-state index is 12.5. The topological polar surface area (TPSA) is 49.9 Å². The van der Waals surface area contributed by atoms with Crippen LogP contribution in [0.1, 0.15) is 45.1 Å². The van der Waals surface area contributed by atoms with Gasteiger partial charge >= 0.3 is 6.03 Å². The van der Waals surface area contributed by atoms with Gasteiger partial charge in [0.1, 0.15) is 17.9 Å². The zero-order chi connectivity index (χ0) is 16.6. The minimum atomic E-state index is -0.632. The monoisotopic (exact) mass is 316 g/mol. The van der Waals surface area contributed by atoms with E-state index in [0.29, 0.717) is 25.6 Å². The van der Waals surface area contributed by atoms with Crippen LogP contribution in [0.25, 0.3) is 0 Å². The van der Waals surface area contributed by atoms with E-state index in [1.165, 1.54) is 4.90 Å². The molecule has 0 unspecified atom stereocenters. The second-order valence-electron chi connectivity index (χ2n) is 6.81. The van der Waals surface area contributed by atoms with Gasteiger partial charge in [0.15, 0.2) is 0 Å². The molecule has 1 aromatic rings. The molecule has 2 heterocycles. The van der Waals surface area contributed by atoms with Gasteiger partial charge in [-0.15, -0.1) is 0 Å². The average molecular weight is 316 g/mol. The zero-order valence-corrected chi connectivity index (χ0v) is 14.0. The van der Waals surface area contributed by atoms with E-state index in [2.05, 4.69) is 13.8 Å². The Morgan fingerprint density at radius 2 is 2.00 bits per heavy atom. The lowest BCUT2D eigenvalue weighted by Gasteiger charge is -2.22. The normalized spacial score (nSPS) is 23.8. The number of carbonyl (C=O) groups excluding carboxylic acids is 2. The van der Waals surface area contributed by atoms with Crippen LogP contribution in [-0.2, 0) is 4.79 Å². The van der Waals surface area contributed by atoms with E-state index in [4.69, 9.17) is 4.74 Å². The molecular weight excluding hydrogens is 292 g/mol. The molecule has 2 aliphatic rings. The maximum Gasteiger partial charge on any atom is 0.327 e. The lowest BCUT2D eigenvalue weighted by atomic mass is 9.99. The van der Waals surface area contributed by atoms with Crippen LogP contribution < -0.4 is 4.74 Å². The molecule has 0 radical (unpaired) electrons. The number of hydrogen-bond acceptors (Lipinski definition) is 3. The molecule has 2 fully saturated rings. The predicted molar refractivity (Wildman–Crippen MR) is 87.5 cm³/mol. The number of rotatable bonds is 5. The molecule has 5 nitrogen and oxygen atoms in total. The molecule has 3 amide bonds. The summed E-state index contributed by atoms with van der Waals surface area (Å²) < 4.78 is 5.85. The van der Waals surface area contributed by atoms with Crippen molar-refractivity contribution in [3.63, 3.8) is 0 Å². The van der Waals surface area contributed by atoms with Crippen molar-refractivity contribution in [2.45, 2.75) is 45.1 Å². The molecule has 1 atom stereocenters. The quantitative estimate of drug-likeness (QED) is 0.785. The molecular formula is C18H24N2O3. The number of nitrogens with zero attached hydrogens (tertiary/aromatic N) is 2. The molecule has 124 valence electrons. The fraction of sp³-hybridized carbons (Fsp3) is 0.556. The van der Waals surface area contributed by atoms with Gasteiger partial charge in [-0.3, -0.25) is 9.69 Å². The Balaban J connectivity index is 1.64. The van der Waals surface area contributed by atoms with Crippen molar-refractivity contribution in [3.8, 4) is 5.75 Å². The van der Waals surface area contributed by atoms with Crippen molar-refractivity contribution in [1.29, 1.82) is 0 Å². The largest absolute Gasteiger partial charge is 0.491 e. The van der Waals surface area contributed by atoms with Gasteiger partial charge < -0.3 is 9.64 Å². The molecule has 2 aliphatic heterocycles.